The van der Waals surface area contributed by atoms with E-state index in [1.807, 2.05) is 43.3 Å². The molecule has 2 atom stereocenters. The standard InChI is InChI=1S/C29H29N3O5/c1-19(22-9-4-3-5-10-22)32-18-24(16-27(32)34)28(35)30-17-21-8-6-12-25(14-21)31-29(36)23-11-7-13-26(15-23)37-20(2)33/h3-15,19,24H,16-18H2,1-2H3,(H,30,35)(H,31,36). The van der Waals surface area contributed by atoms with Crippen LogP contribution in [0.5, 0.6) is 5.75 Å². The molecule has 190 valence electrons. The zero-order valence-corrected chi connectivity index (χ0v) is 20.8. The lowest BCUT2D eigenvalue weighted by molar-refractivity contribution is -0.132. The molecule has 8 heteroatoms. The Labute approximate surface area is 215 Å². The van der Waals surface area contributed by atoms with E-state index < -0.39 is 11.9 Å². The molecule has 4 rings (SSSR count). The molecule has 3 aromatic rings. The van der Waals surface area contributed by atoms with Gasteiger partial charge in [-0.05, 0) is 48.4 Å². The predicted octanol–water partition coefficient (Wildman–Crippen LogP) is 4.09. The van der Waals surface area contributed by atoms with E-state index in [4.69, 9.17) is 4.74 Å². The second-order valence-electron chi connectivity index (χ2n) is 9.03. The van der Waals surface area contributed by atoms with Gasteiger partial charge in [0.15, 0.2) is 0 Å². The number of benzene rings is 3. The number of ether oxygens (including phenoxy) is 1. The quantitative estimate of drug-likeness (QED) is 0.359. The van der Waals surface area contributed by atoms with Gasteiger partial charge in [0.25, 0.3) is 5.91 Å². The first-order valence-electron chi connectivity index (χ1n) is 12.1. The van der Waals surface area contributed by atoms with Gasteiger partial charge in [-0.1, -0.05) is 48.5 Å². The van der Waals surface area contributed by atoms with Crippen molar-refractivity contribution >= 4 is 29.4 Å². The summed E-state index contributed by atoms with van der Waals surface area (Å²) in [6.07, 6.45) is 0.186. The van der Waals surface area contributed by atoms with Gasteiger partial charge in [-0.25, -0.2) is 0 Å². The molecule has 37 heavy (non-hydrogen) atoms. The molecule has 0 bridgehead atoms. The molecule has 8 nitrogen and oxygen atoms in total. The summed E-state index contributed by atoms with van der Waals surface area (Å²) in [5, 5.41) is 5.74. The van der Waals surface area contributed by atoms with Gasteiger partial charge in [0.2, 0.25) is 11.8 Å². The zero-order chi connectivity index (χ0) is 26.4. The Morgan fingerprint density at radius 3 is 2.51 bits per heavy atom. The Hall–Kier alpha value is -4.46. The van der Waals surface area contributed by atoms with Gasteiger partial charge >= 0.3 is 5.97 Å². The van der Waals surface area contributed by atoms with Crippen molar-refractivity contribution in [2.24, 2.45) is 5.92 Å². The number of anilines is 1. The summed E-state index contributed by atoms with van der Waals surface area (Å²) in [5.41, 5.74) is 2.75. The van der Waals surface area contributed by atoms with Crippen molar-refractivity contribution in [2.75, 3.05) is 11.9 Å². The average molecular weight is 500 g/mol. The van der Waals surface area contributed by atoms with E-state index in [2.05, 4.69) is 10.6 Å². The molecule has 0 saturated carbocycles. The number of rotatable bonds is 8. The minimum atomic E-state index is -0.465. The average Bonchev–Trinajstić information content (AvgIpc) is 3.29. The van der Waals surface area contributed by atoms with Crippen LogP contribution in [0.15, 0.2) is 78.9 Å². The number of nitrogens with one attached hydrogen (secondary N) is 2. The zero-order valence-electron chi connectivity index (χ0n) is 20.8. The van der Waals surface area contributed by atoms with Crippen LogP contribution in [0, 0.1) is 5.92 Å². The fraction of sp³-hybridized carbons (Fsp3) is 0.241. The van der Waals surface area contributed by atoms with Gasteiger partial charge < -0.3 is 20.3 Å². The summed E-state index contributed by atoms with van der Waals surface area (Å²) >= 11 is 0. The first kappa shape index (κ1) is 25.6. The van der Waals surface area contributed by atoms with Crippen LogP contribution >= 0.6 is 0 Å². The summed E-state index contributed by atoms with van der Waals surface area (Å²) < 4.78 is 5.04. The molecule has 2 unspecified atom stereocenters. The fourth-order valence-corrected chi connectivity index (χ4v) is 4.36. The van der Waals surface area contributed by atoms with Crippen LogP contribution in [0.25, 0.3) is 0 Å². The molecule has 1 saturated heterocycles. The first-order valence-corrected chi connectivity index (χ1v) is 12.1. The third kappa shape index (κ3) is 6.61. The number of carbonyl (C=O) groups is 4. The van der Waals surface area contributed by atoms with E-state index >= 15 is 0 Å². The second-order valence-corrected chi connectivity index (χ2v) is 9.03. The van der Waals surface area contributed by atoms with E-state index in [1.54, 1.807) is 41.3 Å². The Kier molecular flexibility index (Phi) is 7.98. The van der Waals surface area contributed by atoms with E-state index in [0.717, 1.165) is 11.1 Å². The maximum absolute atomic E-state index is 12.8. The van der Waals surface area contributed by atoms with Crippen LogP contribution in [0.3, 0.4) is 0 Å². The number of hydrogen-bond acceptors (Lipinski definition) is 5. The molecular weight excluding hydrogens is 470 g/mol. The van der Waals surface area contributed by atoms with Gasteiger partial charge in [-0.3, -0.25) is 19.2 Å². The summed E-state index contributed by atoms with van der Waals surface area (Å²) in [6, 6.07) is 23.2. The second kappa shape index (κ2) is 11.5. The topological polar surface area (TPSA) is 105 Å². The summed E-state index contributed by atoms with van der Waals surface area (Å²) in [5.74, 6) is -1.14. The summed E-state index contributed by atoms with van der Waals surface area (Å²) in [4.78, 5) is 51.0. The highest BCUT2D eigenvalue weighted by Gasteiger charge is 2.36. The number of carbonyl (C=O) groups excluding carboxylic acids is 4. The third-order valence-electron chi connectivity index (χ3n) is 6.29. The van der Waals surface area contributed by atoms with Crippen LogP contribution in [0.1, 0.15) is 47.8 Å². The molecule has 0 spiro atoms. The lowest BCUT2D eigenvalue weighted by Gasteiger charge is -2.25. The first-order chi connectivity index (χ1) is 17.8. The van der Waals surface area contributed by atoms with Crippen LogP contribution in [-0.2, 0) is 20.9 Å². The number of likely N-dealkylation sites (tertiary alicyclic amines) is 1. The number of nitrogens with zero attached hydrogens (tertiary/aromatic N) is 1. The van der Waals surface area contributed by atoms with Gasteiger partial charge in [-0.15, -0.1) is 0 Å². The van der Waals surface area contributed by atoms with Gasteiger partial charge in [0.1, 0.15) is 5.75 Å². The molecule has 2 N–H and O–H groups in total. The van der Waals surface area contributed by atoms with Gasteiger partial charge in [0, 0.05) is 37.7 Å². The SMILES string of the molecule is CC(=O)Oc1cccc(C(=O)Nc2cccc(CNC(=O)C3CC(=O)N(C(C)c4ccccc4)C3)c2)c1. The number of amides is 3. The van der Waals surface area contributed by atoms with Crippen molar-refractivity contribution in [3.8, 4) is 5.75 Å². The molecule has 1 aliphatic heterocycles. The molecule has 3 amide bonds. The number of hydrogen-bond donors (Lipinski definition) is 2. The highest BCUT2D eigenvalue weighted by molar-refractivity contribution is 6.04. The molecule has 0 aliphatic carbocycles. The molecule has 1 heterocycles. The van der Waals surface area contributed by atoms with Crippen LogP contribution in [-0.4, -0.2) is 35.1 Å². The number of esters is 1. The lowest BCUT2D eigenvalue weighted by atomic mass is 10.1. The minimum absolute atomic E-state index is 0.0287. The van der Waals surface area contributed by atoms with E-state index in [1.165, 1.54) is 13.0 Å². The van der Waals surface area contributed by atoms with E-state index in [9.17, 15) is 19.2 Å². The van der Waals surface area contributed by atoms with Crippen molar-refractivity contribution in [1.29, 1.82) is 0 Å². The Morgan fingerprint density at radius 2 is 1.76 bits per heavy atom. The highest BCUT2D eigenvalue weighted by Crippen LogP contribution is 2.28. The molecule has 3 aromatic carbocycles. The Morgan fingerprint density at radius 1 is 1.00 bits per heavy atom. The largest absolute Gasteiger partial charge is 0.427 e. The Balaban J connectivity index is 1.32. The molecule has 1 fully saturated rings. The van der Waals surface area contributed by atoms with Crippen molar-refractivity contribution < 1.29 is 23.9 Å². The van der Waals surface area contributed by atoms with Gasteiger partial charge in [0.05, 0.1) is 12.0 Å². The molecule has 0 aromatic heterocycles. The lowest BCUT2D eigenvalue weighted by Crippen LogP contribution is -2.33. The maximum Gasteiger partial charge on any atom is 0.308 e. The minimum Gasteiger partial charge on any atom is -0.427 e. The Bertz CT molecular complexity index is 1310. The monoisotopic (exact) mass is 499 g/mol. The van der Waals surface area contributed by atoms with Crippen molar-refractivity contribution in [2.45, 2.75) is 32.9 Å². The van der Waals surface area contributed by atoms with Crippen molar-refractivity contribution in [3.63, 3.8) is 0 Å². The predicted molar refractivity (Wildman–Crippen MR) is 139 cm³/mol. The van der Waals surface area contributed by atoms with Crippen molar-refractivity contribution in [1.82, 2.24) is 10.2 Å². The highest BCUT2D eigenvalue weighted by atomic mass is 16.5. The fourth-order valence-electron chi connectivity index (χ4n) is 4.36. The van der Waals surface area contributed by atoms with Crippen LogP contribution in [0.2, 0.25) is 0 Å². The smallest absolute Gasteiger partial charge is 0.308 e. The van der Waals surface area contributed by atoms with E-state index in [0.29, 0.717) is 23.5 Å². The van der Waals surface area contributed by atoms with Crippen LogP contribution in [0.4, 0.5) is 5.69 Å². The van der Waals surface area contributed by atoms with Gasteiger partial charge in [-0.2, -0.15) is 0 Å². The summed E-state index contributed by atoms with van der Waals surface area (Å²) in [7, 11) is 0. The molecular formula is C29H29N3O5. The molecule has 1 aliphatic rings. The normalized spacial score (nSPS) is 15.7. The summed E-state index contributed by atoms with van der Waals surface area (Å²) in [6.45, 7) is 3.91. The van der Waals surface area contributed by atoms with Crippen LogP contribution < -0.4 is 15.4 Å². The molecule has 0 radical (unpaired) electrons. The van der Waals surface area contributed by atoms with Crippen molar-refractivity contribution in [3.05, 3.63) is 95.6 Å². The van der Waals surface area contributed by atoms with E-state index in [-0.39, 0.29) is 36.7 Å². The third-order valence-corrected chi connectivity index (χ3v) is 6.29. The maximum atomic E-state index is 12.8.